The molecule has 2 aromatic carbocycles. The molecule has 3 nitrogen and oxygen atoms in total. The van der Waals surface area contributed by atoms with E-state index in [2.05, 4.69) is 59.3 Å². The van der Waals surface area contributed by atoms with E-state index in [1.807, 2.05) is 30.3 Å². The molecule has 1 amide bonds. The molecule has 3 aromatic rings. The zero-order chi connectivity index (χ0) is 20.1. The van der Waals surface area contributed by atoms with Crippen LogP contribution in [0.3, 0.4) is 0 Å². The average Bonchev–Trinajstić information content (AvgIpc) is 3.39. The van der Waals surface area contributed by atoms with Crippen molar-refractivity contribution in [2.45, 2.75) is 50.7 Å². The topological polar surface area (TPSA) is 41.1 Å². The van der Waals surface area contributed by atoms with Gasteiger partial charge in [0.15, 0.2) is 0 Å². The zero-order valence-electron chi connectivity index (χ0n) is 16.8. The lowest BCUT2D eigenvalue weighted by atomic mass is 9.98. The van der Waals surface area contributed by atoms with Gasteiger partial charge in [-0.2, -0.15) is 0 Å². The number of carbonyl (C=O) groups excluding carboxylic acids is 1. The summed E-state index contributed by atoms with van der Waals surface area (Å²) in [5, 5.41) is 8.95. The number of amides is 1. The van der Waals surface area contributed by atoms with Gasteiger partial charge in [-0.25, -0.2) is 0 Å². The Hall–Kier alpha value is -2.43. The fraction of sp³-hybridized carbons (Fsp3) is 0.320. The minimum absolute atomic E-state index is 0.0270. The average molecular weight is 405 g/mol. The summed E-state index contributed by atoms with van der Waals surface area (Å²) in [5.41, 5.74) is 3.54. The van der Waals surface area contributed by atoms with Gasteiger partial charge < -0.3 is 5.32 Å². The van der Waals surface area contributed by atoms with Gasteiger partial charge in [0.05, 0.1) is 6.04 Å². The van der Waals surface area contributed by atoms with E-state index < -0.39 is 0 Å². The summed E-state index contributed by atoms with van der Waals surface area (Å²) < 4.78 is 0. The zero-order valence-corrected chi connectivity index (χ0v) is 17.6. The first-order valence-electron chi connectivity index (χ1n) is 10.5. The predicted molar refractivity (Wildman–Crippen MR) is 120 cm³/mol. The third-order valence-corrected chi connectivity index (χ3v) is 6.27. The van der Waals surface area contributed by atoms with Gasteiger partial charge >= 0.3 is 0 Å². The molecule has 0 aliphatic heterocycles. The van der Waals surface area contributed by atoms with Crippen molar-refractivity contribution in [3.8, 4) is 0 Å². The van der Waals surface area contributed by atoms with Crippen LogP contribution in [0.5, 0.6) is 0 Å². The van der Waals surface area contributed by atoms with Crippen LogP contribution in [0.1, 0.15) is 59.8 Å². The molecule has 0 bridgehead atoms. The van der Waals surface area contributed by atoms with Crippen LogP contribution in [0.2, 0.25) is 0 Å². The summed E-state index contributed by atoms with van der Waals surface area (Å²) in [6.45, 7) is 2.20. The molecule has 1 heterocycles. The van der Waals surface area contributed by atoms with Gasteiger partial charge in [-0.15, -0.1) is 11.3 Å². The quantitative estimate of drug-likeness (QED) is 0.501. The first-order chi connectivity index (χ1) is 14.2. The molecule has 0 unspecified atom stereocenters. The maximum Gasteiger partial charge on any atom is 0.241 e. The summed E-state index contributed by atoms with van der Waals surface area (Å²) >= 11 is 1.72. The number of nitrogens with one attached hydrogen (secondary N) is 2. The van der Waals surface area contributed by atoms with E-state index >= 15 is 0 Å². The fourth-order valence-corrected chi connectivity index (χ4v) is 4.42. The summed E-state index contributed by atoms with van der Waals surface area (Å²) in [4.78, 5) is 14.3. The normalized spacial score (nSPS) is 15.6. The second kappa shape index (κ2) is 9.38. The highest BCUT2D eigenvalue weighted by atomic mass is 32.1. The van der Waals surface area contributed by atoms with Crippen molar-refractivity contribution in [1.29, 1.82) is 0 Å². The van der Waals surface area contributed by atoms with E-state index in [0.29, 0.717) is 6.04 Å². The van der Waals surface area contributed by atoms with Crippen molar-refractivity contribution < 1.29 is 4.79 Å². The molecule has 0 saturated heterocycles. The van der Waals surface area contributed by atoms with Crippen LogP contribution < -0.4 is 10.6 Å². The van der Waals surface area contributed by atoms with Crippen LogP contribution in [0.4, 0.5) is 0 Å². The number of hydrogen-bond acceptors (Lipinski definition) is 3. The number of rotatable bonds is 9. The second-order valence-electron chi connectivity index (χ2n) is 7.73. The first-order valence-corrected chi connectivity index (χ1v) is 11.4. The number of hydrogen-bond donors (Lipinski definition) is 2. The summed E-state index contributed by atoms with van der Waals surface area (Å²) in [7, 11) is 0. The molecule has 1 fully saturated rings. The Balaban J connectivity index is 1.64. The summed E-state index contributed by atoms with van der Waals surface area (Å²) in [6, 6.07) is 23.0. The van der Waals surface area contributed by atoms with E-state index in [0.717, 1.165) is 31.2 Å². The Bertz CT molecular complexity index is 902. The summed E-state index contributed by atoms with van der Waals surface area (Å²) in [6.07, 6.45) is 4.40. The monoisotopic (exact) mass is 404 g/mol. The van der Waals surface area contributed by atoms with Crippen LogP contribution >= 0.6 is 11.3 Å². The summed E-state index contributed by atoms with van der Waals surface area (Å²) in [5.74, 6) is 0.0582. The van der Waals surface area contributed by atoms with E-state index in [-0.39, 0.29) is 18.0 Å². The molecule has 0 radical (unpaired) electrons. The molecule has 1 aromatic heterocycles. The Morgan fingerprint density at radius 2 is 1.76 bits per heavy atom. The molecule has 2 atom stereocenters. The maximum atomic E-state index is 13.1. The van der Waals surface area contributed by atoms with Crippen molar-refractivity contribution in [1.82, 2.24) is 10.6 Å². The van der Waals surface area contributed by atoms with E-state index in [9.17, 15) is 4.79 Å². The van der Waals surface area contributed by atoms with Gasteiger partial charge in [0.1, 0.15) is 6.04 Å². The lowest BCUT2D eigenvalue weighted by molar-refractivity contribution is -0.123. The lowest BCUT2D eigenvalue weighted by Gasteiger charge is -2.26. The van der Waals surface area contributed by atoms with Crippen LogP contribution in [-0.2, 0) is 11.2 Å². The van der Waals surface area contributed by atoms with Crippen LogP contribution in [0.15, 0.2) is 72.1 Å². The van der Waals surface area contributed by atoms with E-state index in [1.165, 1.54) is 16.0 Å². The van der Waals surface area contributed by atoms with Crippen LogP contribution in [0.25, 0.3) is 0 Å². The Labute approximate surface area is 177 Å². The van der Waals surface area contributed by atoms with Crippen molar-refractivity contribution in [2.75, 3.05) is 0 Å². The predicted octanol–water partition coefficient (Wildman–Crippen LogP) is 5.40. The van der Waals surface area contributed by atoms with Gasteiger partial charge in [-0.1, -0.05) is 74.0 Å². The molecule has 0 spiro atoms. The van der Waals surface area contributed by atoms with Crippen molar-refractivity contribution in [3.63, 3.8) is 0 Å². The standard InChI is InChI=1S/C25H28N2OS/c1-2-7-18-11-13-20(14-12-18)23(22-10-6-17-29-22)27-24(19-8-4-3-5-9-19)25(28)26-21-15-16-21/h3-6,8-14,17,21,23-24,27H,2,7,15-16H2,1H3,(H,26,28)/t23-,24-/m1/s1. The molecule has 2 N–H and O–H groups in total. The molecule has 150 valence electrons. The van der Waals surface area contributed by atoms with Gasteiger partial charge in [-0.05, 0) is 47.4 Å². The molecule has 29 heavy (non-hydrogen) atoms. The Morgan fingerprint density at radius 1 is 1.00 bits per heavy atom. The van der Waals surface area contributed by atoms with Gasteiger partial charge in [0.25, 0.3) is 0 Å². The Kier molecular flexibility index (Phi) is 6.43. The highest BCUT2D eigenvalue weighted by Gasteiger charge is 2.30. The van der Waals surface area contributed by atoms with Crippen LogP contribution in [-0.4, -0.2) is 11.9 Å². The molecular formula is C25H28N2OS. The van der Waals surface area contributed by atoms with Gasteiger partial charge in [0.2, 0.25) is 5.91 Å². The molecule has 4 heteroatoms. The number of benzene rings is 2. The van der Waals surface area contributed by atoms with Crippen molar-refractivity contribution in [3.05, 3.63) is 93.7 Å². The SMILES string of the molecule is CCCc1ccc([C@@H](N[C@@H](C(=O)NC2CC2)c2ccccc2)c2cccs2)cc1. The number of aryl methyl sites for hydroxylation is 1. The maximum absolute atomic E-state index is 13.1. The second-order valence-corrected chi connectivity index (χ2v) is 8.71. The van der Waals surface area contributed by atoms with E-state index in [1.54, 1.807) is 11.3 Å². The fourth-order valence-electron chi connectivity index (χ4n) is 3.61. The highest BCUT2D eigenvalue weighted by molar-refractivity contribution is 7.10. The first kappa shape index (κ1) is 19.9. The minimum Gasteiger partial charge on any atom is -0.352 e. The lowest BCUT2D eigenvalue weighted by Crippen LogP contribution is -2.40. The molecule has 1 aliphatic carbocycles. The third kappa shape index (κ3) is 5.14. The van der Waals surface area contributed by atoms with E-state index in [4.69, 9.17) is 0 Å². The largest absolute Gasteiger partial charge is 0.352 e. The molecule has 1 saturated carbocycles. The van der Waals surface area contributed by atoms with Gasteiger partial charge in [0, 0.05) is 10.9 Å². The molecule has 4 rings (SSSR count). The number of carbonyl (C=O) groups is 1. The highest BCUT2D eigenvalue weighted by Crippen LogP contribution is 2.30. The minimum atomic E-state index is -0.390. The molecular weight excluding hydrogens is 376 g/mol. The Morgan fingerprint density at radius 3 is 2.38 bits per heavy atom. The van der Waals surface area contributed by atoms with Crippen molar-refractivity contribution in [2.24, 2.45) is 0 Å². The van der Waals surface area contributed by atoms with Crippen molar-refractivity contribution >= 4 is 17.2 Å². The van der Waals surface area contributed by atoms with Crippen LogP contribution in [0, 0.1) is 0 Å². The number of thiophene rings is 1. The molecule has 1 aliphatic rings. The third-order valence-electron chi connectivity index (χ3n) is 5.33. The van der Waals surface area contributed by atoms with Gasteiger partial charge in [-0.3, -0.25) is 10.1 Å². The smallest absolute Gasteiger partial charge is 0.241 e.